The molecule has 0 saturated heterocycles. The molecule has 0 spiro atoms. The lowest BCUT2D eigenvalue weighted by Gasteiger charge is -2.29. The Morgan fingerprint density at radius 1 is 0.833 bits per heavy atom. The zero-order chi connectivity index (χ0) is 13.7. The molecule has 0 bridgehead atoms. The number of unbranched alkanes of at least 4 members (excludes halogenated alkanes) is 6. The molecule has 1 atom stereocenters. The van der Waals surface area contributed by atoms with E-state index in [1.807, 2.05) is 0 Å². The van der Waals surface area contributed by atoms with Gasteiger partial charge in [0.25, 0.3) is 0 Å². The standard InChI is InChI=1S/C16H35NO/c1-4-6-7-8-9-10-11-13-16(3,18-5-2)14-12-15-17/h4-15,17H2,1-3H3. The summed E-state index contributed by atoms with van der Waals surface area (Å²) in [6.07, 6.45) is 13.0. The molecule has 0 aliphatic rings. The van der Waals surface area contributed by atoms with Gasteiger partial charge in [-0.2, -0.15) is 0 Å². The summed E-state index contributed by atoms with van der Waals surface area (Å²) < 4.78 is 5.92. The quantitative estimate of drug-likeness (QED) is 0.487. The summed E-state index contributed by atoms with van der Waals surface area (Å²) in [5.41, 5.74) is 5.67. The molecule has 0 aromatic carbocycles. The third-order valence-electron chi connectivity index (χ3n) is 3.71. The van der Waals surface area contributed by atoms with Crippen LogP contribution < -0.4 is 5.73 Å². The van der Waals surface area contributed by atoms with Gasteiger partial charge in [0.05, 0.1) is 5.60 Å². The van der Waals surface area contributed by atoms with Crippen molar-refractivity contribution < 1.29 is 4.74 Å². The van der Waals surface area contributed by atoms with Crippen LogP contribution in [0.25, 0.3) is 0 Å². The van der Waals surface area contributed by atoms with Gasteiger partial charge in [-0.3, -0.25) is 0 Å². The molecule has 18 heavy (non-hydrogen) atoms. The molecular weight excluding hydrogens is 222 g/mol. The van der Waals surface area contributed by atoms with Crippen molar-refractivity contribution in [1.29, 1.82) is 0 Å². The van der Waals surface area contributed by atoms with Gasteiger partial charge in [-0.15, -0.1) is 0 Å². The molecular formula is C16H35NO. The summed E-state index contributed by atoms with van der Waals surface area (Å²) in [7, 11) is 0. The molecule has 0 fully saturated rings. The topological polar surface area (TPSA) is 35.2 Å². The van der Waals surface area contributed by atoms with Gasteiger partial charge in [-0.1, -0.05) is 51.9 Å². The summed E-state index contributed by atoms with van der Waals surface area (Å²) >= 11 is 0. The first-order chi connectivity index (χ1) is 8.68. The lowest BCUT2D eigenvalue weighted by molar-refractivity contribution is -0.0395. The second kappa shape index (κ2) is 12.0. The van der Waals surface area contributed by atoms with Crippen molar-refractivity contribution in [3.05, 3.63) is 0 Å². The van der Waals surface area contributed by atoms with Crippen molar-refractivity contribution in [3.8, 4) is 0 Å². The van der Waals surface area contributed by atoms with E-state index in [1.54, 1.807) is 0 Å². The van der Waals surface area contributed by atoms with Crippen LogP contribution in [0.15, 0.2) is 0 Å². The predicted molar refractivity (Wildman–Crippen MR) is 80.9 cm³/mol. The molecule has 0 saturated carbocycles. The van der Waals surface area contributed by atoms with Gasteiger partial charge < -0.3 is 10.5 Å². The largest absolute Gasteiger partial charge is 0.376 e. The number of ether oxygens (including phenoxy) is 1. The average Bonchev–Trinajstić information content (AvgIpc) is 2.36. The normalized spacial score (nSPS) is 14.7. The number of nitrogens with two attached hydrogens (primary N) is 1. The van der Waals surface area contributed by atoms with E-state index in [0.29, 0.717) is 0 Å². The smallest absolute Gasteiger partial charge is 0.0654 e. The Labute approximate surface area is 115 Å². The Morgan fingerprint density at radius 3 is 1.94 bits per heavy atom. The fourth-order valence-corrected chi connectivity index (χ4v) is 2.55. The number of hydrogen-bond acceptors (Lipinski definition) is 2. The van der Waals surface area contributed by atoms with E-state index in [9.17, 15) is 0 Å². The van der Waals surface area contributed by atoms with Gasteiger partial charge in [0.1, 0.15) is 0 Å². The molecule has 0 aromatic rings. The fraction of sp³-hybridized carbons (Fsp3) is 1.00. The molecule has 2 nitrogen and oxygen atoms in total. The minimum absolute atomic E-state index is 0.0670. The van der Waals surface area contributed by atoms with E-state index in [4.69, 9.17) is 10.5 Å². The zero-order valence-corrected chi connectivity index (χ0v) is 13.0. The van der Waals surface area contributed by atoms with Gasteiger partial charge in [0.2, 0.25) is 0 Å². The van der Waals surface area contributed by atoms with Crippen LogP contribution in [-0.2, 0) is 4.74 Å². The first-order valence-corrected chi connectivity index (χ1v) is 8.02. The Kier molecular flexibility index (Phi) is 11.9. The second-order valence-electron chi connectivity index (χ2n) is 5.65. The molecule has 2 N–H and O–H groups in total. The van der Waals surface area contributed by atoms with Crippen molar-refractivity contribution in [1.82, 2.24) is 0 Å². The van der Waals surface area contributed by atoms with E-state index < -0.39 is 0 Å². The third-order valence-corrected chi connectivity index (χ3v) is 3.71. The van der Waals surface area contributed by atoms with Crippen molar-refractivity contribution in [3.63, 3.8) is 0 Å². The van der Waals surface area contributed by atoms with Crippen LogP contribution in [0.3, 0.4) is 0 Å². The summed E-state index contributed by atoms with van der Waals surface area (Å²) in [5.74, 6) is 0. The predicted octanol–water partition coefficient (Wildman–Crippen LogP) is 4.66. The molecule has 0 aliphatic heterocycles. The van der Waals surface area contributed by atoms with E-state index in [1.165, 1.54) is 51.4 Å². The number of rotatable bonds is 13. The highest BCUT2D eigenvalue weighted by Gasteiger charge is 2.22. The van der Waals surface area contributed by atoms with Gasteiger partial charge in [-0.05, 0) is 39.7 Å². The highest BCUT2D eigenvalue weighted by molar-refractivity contribution is 4.75. The molecule has 0 radical (unpaired) electrons. The van der Waals surface area contributed by atoms with Crippen LogP contribution in [0.4, 0.5) is 0 Å². The second-order valence-corrected chi connectivity index (χ2v) is 5.65. The average molecular weight is 257 g/mol. The number of hydrogen-bond donors (Lipinski definition) is 1. The summed E-state index contributed by atoms with van der Waals surface area (Å²) in [6, 6.07) is 0. The van der Waals surface area contributed by atoms with Gasteiger partial charge in [0, 0.05) is 6.61 Å². The molecule has 110 valence electrons. The van der Waals surface area contributed by atoms with Crippen molar-refractivity contribution in [2.75, 3.05) is 13.2 Å². The van der Waals surface area contributed by atoms with Gasteiger partial charge in [-0.25, -0.2) is 0 Å². The van der Waals surface area contributed by atoms with Gasteiger partial charge >= 0.3 is 0 Å². The SMILES string of the molecule is CCCCCCCCCC(C)(CCCN)OCC. The maximum Gasteiger partial charge on any atom is 0.0654 e. The Bertz CT molecular complexity index is 172. The van der Waals surface area contributed by atoms with Crippen LogP contribution in [0.5, 0.6) is 0 Å². The fourth-order valence-electron chi connectivity index (χ4n) is 2.55. The first kappa shape index (κ1) is 17.9. The summed E-state index contributed by atoms with van der Waals surface area (Å²) in [5, 5.41) is 0. The van der Waals surface area contributed by atoms with Crippen LogP contribution >= 0.6 is 0 Å². The Morgan fingerprint density at radius 2 is 1.39 bits per heavy atom. The molecule has 0 heterocycles. The first-order valence-electron chi connectivity index (χ1n) is 8.02. The zero-order valence-electron chi connectivity index (χ0n) is 13.0. The van der Waals surface area contributed by atoms with E-state index in [0.717, 1.165) is 26.0 Å². The van der Waals surface area contributed by atoms with E-state index in [2.05, 4.69) is 20.8 Å². The van der Waals surface area contributed by atoms with Gasteiger partial charge in [0.15, 0.2) is 0 Å². The Hall–Kier alpha value is -0.0800. The van der Waals surface area contributed by atoms with Crippen molar-refractivity contribution >= 4 is 0 Å². The maximum absolute atomic E-state index is 5.92. The lowest BCUT2D eigenvalue weighted by Crippen LogP contribution is -2.29. The van der Waals surface area contributed by atoms with Crippen molar-refractivity contribution in [2.24, 2.45) is 5.73 Å². The minimum Gasteiger partial charge on any atom is -0.376 e. The van der Waals surface area contributed by atoms with Crippen LogP contribution in [0.2, 0.25) is 0 Å². The third kappa shape index (κ3) is 9.90. The van der Waals surface area contributed by atoms with Crippen LogP contribution in [-0.4, -0.2) is 18.8 Å². The van der Waals surface area contributed by atoms with E-state index in [-0.39, 0.29) is 5.60 Å². The molecule has 0 rings (SSSR count). The highest BCUT2D eigenvalue weighted by atomic mass is 16.5. The molecule has 2 heteroatoms. The summed E-state index contributed by atoms with van der Waals surface area (Å²) in [6.45, 7) is 8.21. The molecule has 1 unspecified atom stereocenters. The lowest BCUT2D eigenvalue weighted by atomic mass is 9.92. The van der Waals surface area contributed by atoms with Crippen molar-refractivity contribution in [2.45, 2.75) is 90.6 Å². The van der Waals surface area contributed by atoms with Crippen LogP contribution in [0.1, 0.15) is 85.0 Å². The highest BCUT2D eigenvalue weighted by Crippen LogP contribution is 2.25. The minimum atomic E-state index is 0.0670. The summed E-state index contributed by atoms with van der Waals surface area (Å²) in [4.78, 5) is 0. The molecule has 0 aromatic heterocycles. The Balaban J connectivity index is 3.62. The molecule has 0 aliphatic carbocycles. The molecule has 0 amide bonds. The van der Waals surface area contributed by atoms with E-state index >= 15 is 0 Å². The monoisotopic (exact) mass is 257 g/mol. The maximum atomic E-state index is 5.92. The van der Waals surface area contributed by atoms with Crippen LogP contribution in [0, 0.1) is 0 Å².